The Morgan fingerprint density at radius 1 is 1.36 bits per heavy atom. The van der Waals surface area contributed by atoms with E-state index in [1.165, 1.54) is 0 Å². The summed E-state index contributed by atoms with van der Waals surface area (Å²) in [4.78, 5) is 0. The fourth-order valence-electron chi connectivity index (χ4n) is 2.33. The van der Waals surface area contributed by atoms with Gasteiger partial charge in [0.1, 0.15) is 5.60 Å². The minimum atomic E-state index is -0.236. The van der Waals surface area contributed by atoms with E-state index in [4.69, 9.17) is 4.74 Å². The van der Waals surface area contributed by atoms with E-state index >= 15 is 0 Å². The first-order chi connectivity index (χ1) is 4.97. The van der Waals surface area contributed by atoms with Crippen molar-refractivity contribution in [3.8, 4) is 0 Å². The van der Waals surface area contributed by atoms with Gasteiger partial charge in [-0.15, -0.1) is 0 Å². The monoisotopic (exact) mass is 156 g/mol. The second-order valence-corrected chi connectivity index (χ2v) is 4.72. The van der Waals surface area contributed by atoms with Crippen molar-refractivity contribution < 1.29 is 9.84 Å². The van der Waals surface area contributed by atoms with Gasteiger partial charge in [0.25, 0.3) is 0 Å². The summed E-state index contributed by atoms with van der Waals surface area (Å²) < 4.78 is 5.54. The lowest BCUT2D eigenvalue weighted by Gasteiger charge is -2.31. The molecular formula is C9H16O2. The number of hydrogen-bond acceptors (Lipinski definition) is 2. The van der Waals surface area contributed by atoms with Gasteiger partial charge < -0.3 is 9.84 Å². The maximum atomic E-state index is 9.59. The van der Waals surface area contributed by atoms with Crippen molar-refractivity contribution in [3.05, 3.63) is 0 Å². The normalized spacial score (nSPS) is 53.5. The highest BCUT2D eigenvalue weighted by molar-refractivity contribution is 5.13. The van der Waals surface area contributed by atoms with Gasteiger partial charge in [0.15, 0.2) is 0 Å². The van der Waals surface area contributed by atoms with Crippen molar-refractivity contribution >= 4 is 0 Å². The highest BCUT2D eigenvalue weighted by Gasteiger charge is 2.65. The minimum Gasteiger partial charge on any atom is -0.390 e. The zero-order valence-electron chi connectivity index (χ0n) is 7.42. The van der Waals surface area contributed by atoms with Crippen LogP contribution in [0, 0.1) is 5.41 Å². The molecule has 2 nitrogen and oxygen atoms in total. The molecule has 2 fully saturated rings. The first-order valence-electron chi connectivity index (χ1n) is 4.33. The molecule has 0 aromatic rings. The summed E-state index contributed by atoms with van der Waals surface area (Å²) in [5.41, 5.74) is 0.0652. The number of hydrogen-bond donors (Lipinski definition) is 1. The lowest BCUT2D eigenvalue weighted by molar-refractivity contribution is 0.0601. The summed E-state index contributed by atoms with van der Waals surface area (Å²) in [5, 5.41) is 9.59. The van der Waals surface area contributed by atoms with Crippen molar-refractivity contribution in [3.63, 3.8) is 0 Å². The van der Waals surface area contributed by atoms with Crippen LogP contribution in [0.15, 0.2) is 0 Å². The van der Waals surface area contributed by atoms with Gasteiger partial charge in [0, 0.05) is 0 Å². The number of aliphatic hydroxyl groups is 1. The molecule has 1 saturated carbocycles. The van der Waals surface area contributed by atoms with Crippen molar-refractivity contribution in [2.24, 2.45) is 5.41 Å². The molecule has 0 radical (unpaired) electrons. The van der Waals surface area contributed by atoms with E-state index in [9.17, 15) is 5.11 Å². The van der Waals surface area contributed by atoms with Gasteiger partial charge in [-0.05, 0) is 25.2 Å². The van der Waals surface area contributed by atoms with Gasteiger partial charge >= 0.3 is 0 Å². The zero-order chi connectivity index (χ0) is 8.28. The number of fused-ring (bicyclic) bond motifs is 1. The SMILES string of the molecule is CC1(C)CCC(O)C2(C)OC12. The van der Waals surface area contributed by atoms with Crippen LogP contribution < -0.4 is 0 Å². The summed E-state index contributed by atoms with van der Waals surface area (Å²) >= 11 is 0. The molecule has 3 unspecified atom stereocenters. The smallest absolute Gasteiger partial charge is 0.118 e. The van der Waals surface area contributed by atoms with Gasteiger partial charge in [-0.2, -0.15) is 0 Å². The molecular weight excluding hydrogens is 140 g/mol. The van der Waals surface area contributed by atoms with E-state index in [0.29, 0.717) is 6.10 Å². The van der Waals surface area contributed by atoms with Crippen LogP contribution in [0.1, 0.15) is 33.6 Å². The maximum absolute atomic E-state index is 9.59. The highest BCUT2D eigenvalue weighted by atomic mass is 16.6. The van der Waals surface area contributed by atoms with E-state index in [1.807, 2.05) is 6.92 Å². The fraction of sp³-hybridized carbons (Fsp3) is 1.00. The topological polar surface area (TPSA) is 32.8 Å². The molecule has 1 aliphatic carbocycles. The Balaban J connectivity index is 2.19. The van der Waals surface area contributed by atoms with Crippen molar-refractivity contribution in [1.29, 1.82) is 0 Å². The minimum absolute atomic E-state index is 0.207. The van der Waals surface area contributed by atoms with E-state index in [0.717, 1.165) is 12.8 Å². The Hall–Kier alpha value is -0.0800. The van der Waals surface area contributed by atoms with Gasteiger partial charge in [-0.1, -0.05) is 13.8 Å². The summed E-state index contributed by atoms with van der Waals surface area (Å²) in [6.45, 7) is 6.45. The molecule has 3 atom stereocenters. The summed E-state index contributed by atoms with van der Waals surface area (Å²) in [6.07, 6.45) is 2.02. The Labute approximate surface area is 67.6 Å². The molecule has 2 rings (SSSR count). The molecule has 0 aromatic carbocycles. The Bertz CT molecular complexity index is 188. The largest absolute Gasteiger partial charge is 0.390 e. The quantitative estimate of drug-likeness (QED) is 0.537. The lowest BCUT2D eigenvalue weighted by Crippen LogP contribution is -2.40. The Morgan fingerprint density at radius 3 is 2.55 bits per heavy atom. The first-order valence-corrected chi connectivity index (χ1v) is 4.33. The molecule has 2 aliphatic rings. The molecule has 11 heavy (non-hydrogen) atoms. The molecule has 1 heterocycles. The third-order valence-corrected chi connectivity index (χ3v) is 3.27. The van der Waals surface area contributed by atoms with Crippen LogP contribution in [0.2, 0.25) is 0 Å². The van der Waals surface area contributed by atoms with Gasteiger partial charge in [-0.3, -0.25) is 0 Å². The van der Waals surface area contributed by atoms with E-state index in [-0.39, 0.29) is 17.1 Å². The molecule has 1 N–H and O–H groups in total. The second kappa shape index (κ2) is 1.80. The van der Waals surface area contributed by atoms with E-state index in [2.05, 4.69) is 13.8 Å². The first kappa shape index (κ1) is 7.56. The standard InChI is InChI=1S/C9H16O2/c1-8(2)5-4-6(10)9(3)7(8)11-9/h6-7,10H,4-5H2,1-3H3. The van der Waals surface area contributed by atoms with Crippen LogP contribution in [0.4, 0.5) is 0 Å². The maximum Gasteiger partial charge on any atom is 0.118 e. The molecule has 0 aromatic heterocycles. The van der Waals surface area contributed by atoms with E-state index in [1.54, 1.807) is 0 Å². The van der Waals surface area contributed by atoms with Gasteiger partial charge in [0.05, 0.1) is 12.2 Å². The van der Waals surface area contributed by atoms with Crippen LogP contribution in [-0.4, -0.2) is 22.9 Å². The van der Waals surface area contributed by atoms with E-state index < -0.39 is 0 Å². The third kappa shape index (κ3) is 0.859. The summed E-state index contributed by atoms with van der Waals surface area (Å²) in [6, 6.07) is 0. The van der Waals surface area contributed by atoms with Crippen LogP contribution >= 0.6 is 0 Å². The number of rotatable bonds is 0. The number of aliphatic hydroxyl groups excluding tert-OH is 1. The highest BCUT2D eigenvalue weighted by Crippen LogP contribution is 2.55. The van der Waals surface area contributed by atoms with Crippen molar-refractivity contribution in [2.45, 2.75) is 51.4 Å². The summed E-state index contributed by atoms with van der Waals surface area (Å²) in [7, 11) is 0. The molecule has 1 saturated heterocycles. The molecule has 0 bridgehead atoms. The molecule has 2 heteroatoms. The Kier molecular flexibility index (Phi) is 1.24. The molecule has 0 spiro atoms. The number of epoxide rings is 1. The van der Waals surface area contributed by atoms with Crippen LogP contribution in [0.25, 0.3) is 0 Å². The van der Waals surface area contributed by atoms with Crippen molar-refractivity contribution in [1.82, 2.24) is 0 Å². The lowest BCUT2D eigenvalue weighted by atomic mass is 9.71. The Morgan fingerprint density at radius 2 is 2.00 bits per heavy atom. The van der Waals surface area contributed by atoms with Gasteiger partial charge in [0.2, 0.25) is 0 Å². The average Bonchev–Trinajstić information content (AvgIpc) is 2.58. The molecule has 1 aliphatic heterocycles. The summed E-state index contributed by atoms with van der Waals surface area (Å²) in [5.74, 6) is 0. The van der Waals surface area contributed by atoms with Crippen LogP contribution in [0.5, 0.6) is 0 Å². The van der Waals surface area contributed by atoms with Crippen LogP contribution in [0.3, 0.4) is 0 Å². The fourth-order valence-corrected chi connectivity index (χ4v) is 2.33. The second-order valence-electron chi connectivity index (χ2n) is 4.72. The predicted molar refractivity (Wildman–Crippen MR) is 42.3 cm³/mol. The van der Waals surface area contributed by atoms with Crippen LogP contribution in [-0.2, 0) is 4.74 Å². The molecule has 0 amide bonds. The molecule has 64 valence electrons. The van der Waals surface area contributed by atoms with Crippen molar-refractivity contribution in [2.75, 3.05) is 0 Å². The predicted octanol–water partition coefficient (Wildman–Crippen LogP) is 1.32. The van der Waals surface area contributed by atoms with Gasteiger partial charge in [-0.25, -0.2) is 0 Å². The zero-order valence-corrected chi connectivity index (χ0v) is 7.42. The third-order valence-electron chi connectivity index (χ3n) is 3.27. The number of ether oxygens (including phenoxy) is 1. The average molecular weight is 156 g/mol.